The van der Waals surface area contributed by atoms with Crippen LogP contribution < -0.4 is 5.32 Å². The molecule has 3 rings (SSSR count). The van der Waals surface area contributed by atoms with Crippen LogP contribution in [0.25, 0.3) is 0 Å². The normalized spacial score (nSPS) is 29.5. The van der Waals surface area contributed by atoms with E-state index in [0.29, 0.717) is 19.3 Å². The first-order valence-electron chi connectivity index (χ1n) is 32.3. The van der Waals surface area contributed by atoms with E-state index in [1.807, 2.05) is 6.92 Å². The highest BCUT2D eigenvalue weighted by atomic mass is 16.8. The molecule has 0 aromatic carbocycles. The molecule has 0 aromatic rings. The number of rotatable bonds is 47. The minimum atomic E-state index is -1.97. The largest absolute Gasteiger partial charge is 0.394 e. The molecule has 17 atom stereocenters. The Kier molecular flexibility index (Phi) is 43.0. The smallest absolute Gasteiger partial charge is 0.220 e. The van der Waals surface area contributed by atoms with Crippen molar-refractivity contribution in [1.82, 2.24) is 5.32 Å². The number of hydrogen-bond donors (Lipinski definition) is 12. The van der Waals surface area contributed by atoms with E-state index in [4.69, 9.17) is 28.4 Å². The quantitative estimate of drug-likeness (QED) is 0.0213. The fourth-order valence-electron chi connectivity index (χ4n) is 10.5. The number of allylic oxidation sites excluding steroid dienone is 14. The van der Waals surface area contributed by atoms with Gasteiger partial charge >= 0.3 is 0 Å². The molecule has 19 heteroatoms. The van der Waals surface area contributed by atoms with Crippen molar-refractivity contribution in [2.45, 2.75) is 298 Å². The third-order valence-electron chi connectivity index (χ3n) is 15.7. The van der Waals surface area contributed by atoms with Gasteiger partial charge in [0, 0.05) is 6.42 Å². The molecule has 19 nitrogen and oxygen atoms in total. The molecular weight excluding hydrogens is 1090 g/mol. The fraction of sp³-hybridized carbons (Fsp3) is 0.773. The van der Waals surface area contributed by atoms with Crippen LogP contribution in [0.15, 0.2) is 85.1 Å². The zero-order valence-corrected chi connectivity index (χ0v) is 51.3. The number of nitrogens with one attached hydrogen (secondary N) is 1. The third kappa shape index (κ3) is 30.8. The first-order valence-corrected chi connectivity index (χ1v) is 32.3. The predicted molar refractivity (Wildman–Crippen MR) is 328 cm³/mol. The Morgan fingerprint density at radius 2 is 0.812 bits per heavy atom. The van der Waals surface area contributed by atoms with Gasteiger partial charge in [-0.3, -0.25) is 4.79 Å². The lowest BCUT2D eigenvalue weighted by Gasteiger charge is -2.48. The summed E-state index contributed by atoms with van der Waals surface area (Å²) in [7, 11) is 0. The summed E-state index contributed by atoms with van der Waals surface area (Å²) in [5, 5.41) is 119. The molecule has 17 unspecified atom stereocenters. The first kappa shape index (κ1) is 76.2. The second-order valence-corrected chi connectivity index (χ2v) is 22.8. The highest BCUT2D eigenvalue weighted by Gasteiger charge is 2.53. The summed E-state index contributed by atoms with van der Waals surface area (Å²) in [6, 6.07) is -0.886. The Balaban J connectivity index is 1.23. The van der Waals surface area contributed by atoms with Gasteiger partial charge in [-0.2, -0.15) is 0 Å². The SMILES string of the molecule is CC/C=C\C/C=C\C/C=C\C/C=C\C/C=C\C/C=C\C/C=C\CCCCCCCCCCCCCCCCCC(=O)NC(COC1OC(CO)C(OC2OC(CO)C(OC3OC(CO)C(O)C(O)C3O)C(O)C2O)C(O)C1O)C(O)CCCCC. The molecule has 3 heterocycles. The van der Waals surface area contributed by atoms with Gasteiger partial charge in [-0.15, -0.1) is 0 Å². The lowest BCUT2D eigenvalue weighted by molar-refractivity contribution is -0.379. The Bertz CT molecular complexity index is 1880. The predicted octanol–water partition coefficient (Wildman–Crippen LogP) is 7.15. The average molecular weight is 1210 g/mol. The zero-order valence-electron chi connectivity index (χ0n) is 51.3. The molecule has 1 amide bonds. The molecule has 12 N–H and O–H groups in total. The van der Waals surface area contributed by atoms with Gasteiger partial charge in [-0.05, 0) is 70.6 Å². The molecular formula is C66H113NO18. The summed E-state index contributed by atoms with van der Waals surface area (Å²) in [6.07, 6.45) is 34.0. The maximum atomic E-state index is 13.2. The van der Waals surface area contributed by atoms with Gasteiger partial charge in [-0.1, -0.05) is 202 Å². The number of ether oxygens (including phenoxy) is 6. The highest BCUT2D eigenvalue weighted by molar-refractivity contribution is 5.76. The summed E-state index contributed by atoms with van der Waals surface area (Å²) < 4.78 is 34.0. The van der Waals surface area contributed by atoms with Crippen molar-refractivity contribution in [1.29, 1.82) is 0 Å². The standard InChI is InChI=1S/C66H113NO18/c1-3-5-7-8-9-10-11-12-13-14-15-16-17-18-19-20-21-22-23-24-25-26-27-28-29-30-31-32-33-34-35-36-37-38-39-40-42-44-54(72)67-49(50(71)43-41-6-4-2)48-80-64-60(78)57(75)62(52(46-69)82-64)85-66-61(79)58(76)63(53(47-70)83-66)84-65-59(77)56(74)55(73)51(45-68)81-65/h5,7,9-10,12-13,15-16,18-19,21-22,24-25,49-53,55-66,68-71,73-79H,3-4,6,8,11,14,17,20,23,26-48H2,1-2H3,(H,67,72)/b7-5-,10-9-,13-12-,16-15-,19-18-,22-21-,25-24-. The minimum Gasteiger partial charge on any atom is -0.394 e. The molecule has 0 spiro atoms. The van der Waals surface area contributed by atoms with Gasteiger partial charge in [0.1, 0.15) is 73.2 Å². The number of carbonyl (C=O) groups is 1. The summed E-state index contributed by atoms with van der Waals surface area (Å²) in [6.45, 7) is 1.47. The lowest BCUT2D eigenvalue weighted by Crippen LogP contribution is -2.66. The van der Waals surface area contributed by atoms with Crippen molar-refractivity contribution in [2.75, 3.05) is 26.4 Å². The second kappa shape index (κ2) is 47.9. The number of aliphatic hydroxyl groups is 11. The maximum absolute atomic E-state index is 13.2. The number of amides is 1. The molecule has 3 aliphatic heterocycles. The van der Waals surface area contributed by atoms with Crippen molar-refractivity contribution in [3.05, 3.63) is 85.1 Å². The summed E-state index contributed by atoms with van der Waals surface area (Å²) >= 11 is 0. The van der Waals surface area contributed by atoms with Crippen molar-refractivity contribution >= 4 is 5.91 Å². The Morgan fingerprint density at radius 1 is 0.435 bits per heavy atom. The van der Waals surface area contributed by atoms with Crippen LogP contribution in [-0.2, 0) is 33.2 Å². The van der Waals surface area contributed by atoms with Crippen molar-refractivity contribution in [2.24, 2.45) is 0 Å². The molecule has 0 saturated carbocycles. The monoisotopic (exact) mass is 1210 g/mol. The fourth-order valence-corrected chi connectivity index (χ4v) is 10.5. The van der Waals surface area contributed by atoms with Crippen LogP contribution >= 0.6 is 0 Å². The van der Waals surface area contributed by atoms with Crippen LogP contribution in [0.2, 0.25) is 0 Å². The van der Waals surface area contributed by atoms with E-state index in [9.17, 15) is 61.0 Å². The molecule has 490 valence electrons. The number of unbranched alkanes of at least 4 members (excludes halogenated alkanes) is 17. The molecule has 0 radical (unpaired) electrons. The molecule has 3 fully saturated rings. The van der Waals surface area contributed by atoms with Gasteiger partial charge in [-0.25, -0.2) is 0 Å². The van der Waals surface area contributed by atoms with Crippen molar-refractivity contribution < 1.29 is 89.4 Å². The maximum Gasteiger partial charge on any atom is 0.220 e. The van der Waals surface area contributed by atoms with Gasteiger partial charge in [0.2, 0.25) is 5.91 Å². The number of aliphatic hydroxyl groups excluding tert-OH is 11. The molecule has 85 heavy (non-hydrogen) atoms. The van der Waals surface area contributed by atoms with Crippen LogP contribution in [0.5, 0.6) is 0 Å². The van der Waals surface area contributed by atoms with E-state index in [2.05, 4.69) is 97.3 Å². The molecule has 3 saturated heterocycles. The van der Waals surface area contributed by atoms with Gasteiger partial charge < -0.3 is 89.9 Å². The molecule has 3 aliphatic rings. The average Bonchev–Trinajstić information content (AvgIpc) is 3.44. The van der Waals surface area contributed by atoms with Crippen LogP contribution in [0.1, 0.15) is 194 Å². The molecule has 0 bridgehead atoms. The van der Waals surface area contributed by atoms with Crippen LogP contribution in [0, 0.1) is 0 Å². The Hall–Kier alpha value is -3.03. The topological polar surface area (TPSA) is 307 Å². The Labute approximate surface area is 508 Å². The van der Waals surface area contributed by atoms with E-state index in [1.54, 1.807) is 0 Å². The summed E-state index contributed by atoms with van der Waals surface area (Å²) in [5.41, 5.74) is 0. The van der Waals surface area contributed by atoms with Crippen LogP contribution in [0.3, 0.4) is 0 Å². The minimum absolute atomic E-state index is 0.259. The summed E-state index contributed by atoms with van der Waals surface area (Å²) in [5.74, 6) is -0.259. The lowest BCUT2D eigenvalue weighted by atomic mass is 9.96. The van der Waals surface area contributed by atoms with E-state index in [0.717, 1.165) is 83.5 Å². The van der Waals surface area contributed by atoms with Gasteiger partial charge in [0.05, 0.1) is 38.6 Å². The molecule has 0 aliphatic carbocycles. The van der Waals surface area contributed by atoms with Crippen molar-refractivity contribution in [3.63, 3.8) is 0 Å². The summed E-state index contributed by atoms with van der Waals surface area (Å²) in [4.78, 5) is 13.2. The van der Waals surface area contributed by atoms with Gasteiger partial charge in [0.25, 0.3) is 0 Å². The van der Waals surface area contributed by atoms with E-state index < -0.39 is 124 Å². The molecule has 0 aromatic heterocycles. The van der Waals surface area contributed by atoms with Gasteiger partial charge in [0.15, 0.2) is 18.9 Å². The first-order chi connectivity index (χ1) is 41.3. The van der Waals surface area contributed by atoms with E-state index in [1.165, 1.54) is 70.6 Å². The highest BCUT2D eigenvalue weighted by Crippen LogP contribution is 2.33. The van der Waals surface area contributed by atoms with Crippen LogP contribution in [0.4, 0.5) is 0 Å². The second-order valence-electron chi connectivity index (χ2n) is 22.8. The zero-order chi connectivity index (χ0) is 61.9. The third-order valence-corrected chi connectivity index (χ3v) is 15.7. The van der Waals surface area contributed by atoms with E-state index in [-0.39, 0.29) is 18.9 Å². The van der Waals surface area contributed by atoms with Crippen molar-refractivity contribution in [3.8, 4) is 0 Å². The van der Waals surface area contributed by atoms with Crippen LogP contribution in [-0.4, -0.2) is 193 Å². The Morgan fingerprint density at radius 3 is 1.25 bits per heavy atom. The van der Waals surface area contributed by atoms with E-state index >= 15 is 0 Å². The number of carbonyl (C=O) groups excluding carboxylic acids is 1. The number of hydrogen-bond acceptors (Lipinski definition) is 18.